The number of nitrogens with one attached hydrogen (secondary N) is 1. The topological polar surface area (TPSA) is 58.6 Å². The molecular weight excluding hydrogens is 254 g/mol. The van der Waals surface area contributed by atoms with Gasteiger partial charge in [-0.3, -0.25) is 4.79 Å². The van der Waals surface area contributed by atoms with E-state index in [0.717, 1.165) is 11.1 Å². The van der Waals surface area contributed by atoms with Crippen LogP contribution in [0.1, 0.15) is 11.1 Å². The van der Waals surface area contributed by atoms with E-state index < -0.39 is 0 Å². The molecule has 0 unspecified atom stereocenters. The van der Waals surface area contributed by atoms with Gasteiger partial charge in [0.15, 0.2) is 6.61 Å². The van der Waals surface area contributed by atoms with Crippen LogP contribution in [0, 0.1) is 6.92 Å². The van der Waals surface area contributed by atoms with Gasteiger partial charge in [-0.25, -0.2) is 0 Å². The Hall–Kier alpha value is -2.33. The fourth-order valence-corrected chi connectivity index (χ4v) is 1.75. The lowest BCUT2D eigenvalue weighted by Crippen LogP contribution is -2.20. The number of aliphatic hydroxyl groups is 1. The molecule has 104 valence electrons. The number of benzene rings is 2. The lowest BCUT2D eigenvalue weighted by atomic mass is 10.2. The zero-order valence-corrected chi connectivity index (χ0v) is 11.3. The molecule has 0 aromatic heterocycles. The van der Waals surface area contributed by atoms with Crippen LogP contribution in [0.2, 0.25) is 0 Å². The molecule has 4 heteroatoms. The number of anilines is 1. The number of para-hydroxylation sites is 1. The van der Waals surface area contributed by atoms with E-state index in [4.69, 9.17) is 9.84 Å². The second kappa shape index (κ2) is 6.73. The number of rotatable bonds is 5. The molecule has 0 aliphatic carbocycles. The van der Waals surface area contributed by atoms with Crippen molar-refractivity contribution in [1.82, 2.24) is 0 Å². The van der Waals surface area contributed by atoms with E-state index in [1.807, 2.05) is 31.2 Å². The molecule has 0 saturated carbocycles. The van der Waals surface area contributed by atoms with Gasteiger partial charge in [-0.1, -0.05) is 30.3 Å². The summed E-state index contributed by atoms with van der Waals surface area (Å²) in [6.45, 7) is 1.89. The summed E-state index contributed by atoms with van der Waals surface area (Å²) in [6.07, 6.45) is 0. The van der Waals surface area contributed by atoms with Crippen LogP contribution in [0.4, 0.5) is 5.69 Å². The van der Waals surface area contributed by atoms with Gasteiger partial charge >= 0.3 is 0 Å². The van der Waals surface area contributed by atoms with Gasteiger partial charge in [-0.15, -0.1) is 0 Å². The number of aliphatic hydroxyl groups excluding tert-OH is 1. The molecular formula is C16H17NO3. The van der Waals surface area contributed by atoms with Crippen molar-refractivity contribution >= 4 is 11.6 Å². The minimum absolute atomic E-state index is 0.00930. The highest BCUT2D eigenvalue weighted by molar-refractivity contribution is 5.91. The summed E-state index contributed by atoms with van der Waals surface area (Å²) in [5, 5.41) is 11.7. The molecule has 0 saturated heterocycles. The minimum atomic E-state index is -0.218. The summed E-state index contributed by atoms with van der Waals surface area (Å²) in [4.78, 5) is 11.8. The first-order valence-electron chi connectivity index (χ1n) is 6.37. The van der Waals surface area contributed by atoms with Gasteiger partial charge in [-0.05, 0) is 36.2 Å². The second-order valence-corrected chi connectivity index (χ2v) is 4.46. The van der Waals surface area contributed by atoms with Gasteiger partial charge < -0.3 is 15.2 Å². The van der Waals surface area contributed by atoms with Crippen molar-refractivity contribution in [2.45, 2.75) is 13.5 Å². The van der Waals surface area contributed by atoms with Crippen molar-refractivity contribution in [1.29, 1.82) is 0 Å². The number of carbonyl (C=O) groups excluding carboxylic acids is 1. The van der Waals surface area contributed by atoms with Gasteiger partial charge in [0, 0.05) is 5.69 Å². The maximum Gasteiger partial charge on any atom is 0.262 e. The van der Waals surface area contributed by atoms with Crippen molar-refractivity contribution in [3.8, 4) is 5.75 Å². The Bertz CT molecular complexity index is 579. The van der Waals surface area contributed by atoms with Crippen LogP contribution >= 0.6 is 0 Å². The van der Waals surface area contributed by atoms with Crippen molar-refractivity contribution in [3.05, 3.63) is 59.7 Å². The quantitative estimate of drug-likeness (QED) is 0.878. The Balaban J connectivity index is 1.87. The number of hydrogen-bond donors (Lipinski definition) is 2. The van der Waals surface area contributed by atoms with Crippen molar-refractivity contribution < 1.29 is 14.6 Å². The third-order valence-electron chi connectivity index (χ3n) is 2.87. The molecule has 20 heavy (non-hydrogen) atoms. The maximum absolute atomic E-state index is 11.8. The Morgan fingerprint density at radius 1 is 1.15 bits per heavy atom. The molecule has 2 rings (SSSR count). The van der Waals surface area contributed by atoms with E-state index in [9.17, 15) is 4.79 Å². The van der Waals surface area contributed by atoms with Crippen LogP contribution in [0.5, 0.6) is 5.75 Å². The molecule has 2 aromatic carbocycles. The Labute approximate surface area is 118 Å². The Kier molecular flexibility index (Phi) is 4.74. The van der Waals surface area contributed by atoms with E-state index in [2.05, 4.69) is 5.32 Å². The molecule has 2 N–H and O–H groups in total. The molecule has 0 aliphatic rings. The summed E-state index contributed by atoms with van der Waals surface area (Å²) in [7, 11) is 0. The van der Waals surface area contributed by atoms with Crippen LogP contribution in [-0.2, 0) is 11.4 Å². The van der Waals surface area contributed by atoms with E-state index in [-0.39, 0.29) is 19.1 Å². The SMILES string of the molecule is Cc1ccccc1OCC(=O)Nc1ccc(CO)cc1. The highest BCUT2D eigenvalue weighted by atomic mass is 16.5. The standard InChI is InChI=1S/C16H17NO3/c1-12-4-2-3-5-15(12)20-11-16(19)17-14-8-6-13(10-18)7-9-14/h2-9,18H,10-11H2,1H3,(H,17,19). The summed E-state index contributed by atoms with van der Waals surface area (Å²) < 4.78 is 5.46. The lowest BCUT2D eigenvalue weighted by Gasteiger charge is -2.09. The number of aryl methyl sites for hydroxylation is 1. The van der Waals surface area contributed by atoms with Crippen LogP contribution in [0.3, 0.4) is 0 Å². The Morgan fingerprint density at radius 2 is 1.85 bits per heavy atom. The van der Waals surface area contributed by atoms with E-state index in [0.29, 0.717) is 11.4 Å². The summed E-state index contributed by atoms with van der Waals surface area (Å²) in [6, 6.07) is 14.6. The molecule has 0 radical (unpaired) electrons. The summed E-state index contributed by atoms with van der Waals surface area (Å²) in [5.41, 5.74) is 2.48. The van der Waals surface area contributed by atoms with Crippen LogP contribution in [0.15, 0.2) is 48.5 Å². The monoisotopic (exact) mass is 271 g/mol. The number of hydrogen-bond acceptors (Lipinski definition) is 3. The third-order valence-corrected chi connectivity index (χ3v) is 2.87. The normalized spacial score (nSPS) is 10.1. The zero-order valence-electron chi connectivity index (χ0n) is 11.3. The first-order valence-corrected chi connectivity index (χ1v) is 6.37. The number of amides is 1. The van der Waals surface area contributed by atoms with Crippen molar-refractivity contribution in [2.75, 3.05) is 11.9 Å². The number of carbonyl (C=O) groups is 1. The van der Waals surface area contributed by atoms with Gasteiger partial charge in [0.1, 0.15) is 5.75 Å². The fraction of sp³-hybridized carbons (Fsp3) is 0.188. The molecule has 1 amide bonds. The molecule has 0 bridgehead atoms. The van der Waals surface area contributed by atoms with Gasteiger partial charge in [0.2, 0.25) is 0 Å². The molecule has 4 nitrogen and oxygen atoms in total. The largest absolute Gasteiger partial charge is 0.483 e. The van der Waals surface area contributed by atoms with Gasteiger partial charge in [0.25, 0.3) is 5.91 Å². The zero-order chi connectivity index (χ0) is 14.4. The van der Waals surface area contributed by atoms with Crippen molar-refractivity contribution in [3.63, 3.8) is 0 Å². The second-order valence-electron chi connectivity index (χ2n) is 4.46. The first-order chi connectivity index (χ1) is 9.69. The lowest BCUT2D eigenvalue weighted by molar-refractivity contribution is -0.118. The smallest absolute Gasteiger partial charge is 0.262 e. The Morgan fingerprint density at radius 3 is 2.50 bits per heavy atom. The third kappa shape index (κ3) is 3.83. The summed E-state index contributed by atoms with van der Waals surface area (Å²) in [5.74, 6) is 0.489. The average Bonchev–Trinajstić information content (AvgIpc) is 2.47. The molecule has 0 heterocycles. The first kappa shape index (κ1) is 14.1. The minimum Gasteiger partial charge on any atom is -0.483 e. The van der Waals surface area contributed by atoms with Gasteiger partial charge in [0.05, 0.1) is 6.61 Å². The van der Waals surface area contributed by atoms with Crippen LogP contribution in [0.25, 0.3) is 0 Å². The predicted octanol–water partition coefficient (Wildman–Crippen LogP) is 2.50. The molecule has 0 atom stereocenters. The molecule has 0 aliphatic heterocycles. The molecule has 2 aromatic rings. The van der Waals surface area contributed by atoms with E-state index >= 15 is 0 Å². The highest BCUT2D eigenvalue weighted by Gasteiger charge is 2.05. The molecule has 0 fully saturated rings. The van der Waals surface area contributed by atoms with E-state index in [1.165, 1.54) is 0 Å². The highest BCUT2D eigenvalue weighted by Crippen LogP contribution is 2.16. The average molecular weight is 271 g/mol. The maximum atomic E-state index is 11.8. The summed E-state index contributed by atoms with van der Waals surface area (Å²) >= 11 is 0. The fourth-order valence-electron chi connectivity index (χ4n) is 1.75. The van der Waals surface area contributed by atoms with Crippen molar-refractivity contribution in [2.24, 2.45) is 0 Å². The van der Waals surface area contributed by atoms with Gasteiger partial charge in [-0.2, -0.15) is 0 Å². The van der Waals surface area contributed by atoms with Crippen LogP contribution < -0.4 is 10.1 Å². The predicted molar refractivity (Wildman–Crippen MR) is 77.7 cm³/mol. The number of ether oxygens (including phenoxy) is 1. The molecule has 0 spiro atoms. The van der Waals surface area contributed by atoms with Crippen LogP contribution in [-0.4, -0.2) is 17.6 Å². The van der Waals surface area contributed by atoms with E-state index in [1.54, 1.807) is 24.3 Å².